The lowest BCUT2D eigenvalue weighted by molar-refractivity contribution is 0.114. The number of hydrogen-bond donors (Lipinski definition) is 0. The number of nitrogens with zero attached hydrogens (tertiary/aromatic N) is 4. The molecule has 0 spiro atoms. The van der Waals surface area contributed by atoms with E-state index in [1.165, 1.54) is 4.88 Å². The van der Waals surface area contributed by atoms with Crippen molar-refractivity contribution in [2.75, 3.05) is 45.9 Å². The smallest absolute Gasteiger partial charge is 0.139 e. The van der Waals surface area contributed by atoms with E-state index in [1.807, 2.05) is 0 Å². The van der Waals surface area contributed by atoms with Gasteiger partial charge in [-0.25, -0.2) is 0 Å². The summed E-state index contributed by atoms with van der Waals surface area (Å²) in [5, 5.41) is 12.7. The maximum absolute atomic E-state index is 9.98. The summed E-state index contributed by atoms with van der Waals surface area (Å²) in [6.07, 6.45) is 5.27. The Hall–Kier alpha value is -1.65. The van der Waals surface area contributed by atoms with E-state index in [0.29, 0.717) is 17.5 Å². The Morgan fingerprint density at radius 3 is 2.57 bits per heavy atom. The highest BCUT2D eigenvalue weighted by molar-refractivity contribution is 7.10. The van der Waals surface area contributed by atoms with Gasteiger partial charge in [0.2, 0.25) is 0 Å². The number of thiophene rings is 1. The molecule has 30 heavy (non-hydrogen) atoms. The van der Waals surface area contributed by atoms with Gasteiger partial charge in [-0.15, -0.1) is 11.3 Å². The van der Waals surface area contributed by atoms with Crippen molar-refractivity contribution in [3.8, 4) is 11.8 Å². The average Bonchev–Trinajstić information content (AvgIpc) is 3.27. The topological polar surface area (TPSA) is 52.4 Å². The second-order valence-electron chi connectivity index (χ2n) is 8.19. The van der Waals surface area contributed by atoms with Crippen LogP contribution in [0.3, 0.4) is 0 Å². The lowest BCUT2D eigenvalue weighted by Gasteiger charge is -2.35. The zero-order chi connectivity index (χ0) is 21.4. The molecule has 0 aliphatic carbocycles. The maximum Gasteiger partial charge on any atom is 0.139 e. The summed E-state index contributed by atoms with van der Waals surface area (Å²) in [5.41, 5.74) is -0.359. The highest BCUT2D eigenvalue weighted by Gasteiger charge is 2.36. The van der Waals surface area contributed by atoms with Crippen molar-refractivity contribution in [1.29, 1.82) is 5.26 Å². The minimum atomic E-state index is -0.359. The zero-order valence-corrected chi connectivity index (χ0v) is 19.5. The van der Waals surface area contributed by atoms with Gasteiger partial charge in [0.05, 0.1) is 22.7 Å². The van der Waals surface area contributed by atoms with Crippen LogP contribution in [0.1, 0.15) is 31.6 Å². The number of pyridine rings is 1. The molecule has 0 amide bonds. The van der Waals surface area contributed by atoms with E-state index in [1.54, 1.807) is 29.8 Å². The van der Waals surface area contributed by atoms with Crippen molar-refractivity contribution >= 4 is 22.9 Å². The molecule has 0 bridgehead atoms. The standard InChI is InChI=1S/C23H31ClN4OS/c1-19(2)23(18-25,22-5-3-14-30-22)6-4-7-27-8-10-28(11-9-27)12-13-29-21-15-20(24)16-26-17-21/h3,5,14-17,19H,4,6-13H2,1-2H3. The van der Waals surface area contributed by atoms with Gasteiger partial charge in [-0.05, 0) is 36.8 Å². The highest BCUT2D eigenvalue weighted by Crippen LogP contribution is 2.39. The lowest BCUT2D eigenvalue weighted by Crippen LogP contribution is -2.47. The second kappa shape index (κ2) is 11.1. The number of nitriles is 1. The van der Waals surface area contributed by atoms with Gasteiger partial charge in [-0.2, -0.15) is 5.26 Å². The van der Waals surface area contributed by atoms with Crippen molar-refractivity contribution in [3.05, 3.63) is 45.9 Å². The molecule has 2 aromatic heterocycles. The third-order valence-corrected chi connectivity index (χ3v) is 7.27. The van der Waals surface area contributed by atoms with Crippen LogP contribution < -0.4 is 4.74 Å². The van der Waals surface area contributed by atoms with Gasteiger partial charge in [0, 0.05) is 49.9 Å². The third kappa shape index (κ3) is 5.95. The molecule has 1 aliphatic rings. The first-order chi connectivity index (χ1) is 14.5. The van der Waals surface area contributed by atoms with Crippen LogP contribution in [0.4, 0.5) is 0 Å². The average molecular weight is 447 g/mol. The van der Waals surface area contributed by atoms with E-state index in [0.717, 1.165) is 57.9 Å². The van der Waals surface area contributed by atoms with Crippen molar-refractivity contribution in [1.82, 2.24) is 14.8 Å². The van der Waals surface area contributed by atoms with E-state index < -0.39 is 0 Å². The molecule has 1 atom stereocenters. The van der Waals surface area contributed by atoms with E-state index in [2.05, 4.69) is 52.2 Å². The quantitative estimate of drug-likeness (QED) is 0.529. The van der Waals surface area contributed by atoms with Crippen LogP contribution in [0.15, 0.2) is 36.0 Å². The molecule has 1 unspecified atom stereocenters. The Balaban J connectivity index is 1.38. The fourth-order valence-electron chi connectivity index (χ4n) is 4.05. The number of hydrogen-bond acceptors (Lipinski definition) is 6. The van der Waals surface area contributed by atoms with Crippen LogP contribution in [0.25, 0.3) is 0 Å². The molecule has 1 fully saturated rings. The second-order valence-corrected chi connectivity index (χ2v) is 9.57. The van der Waals surface area contributed by atoms with Gasteiger partial charge in [0.1, 0.15) is 12.4 Å². The van der Waals surface area contributed by atoms with Crippen LogP contribution >= 0.6 is 22.9 Å². The van der Waals surface area contributed by atoms with Crippen LogP contribution in [-0.2, 0) is 5.41 Å². The van der Waals surface area contributed by atoms with Gasteiger partial charge < -0.3 is 9.64 Å². The van der Waals surface area contributed by atoms with E-state index >= 15 is 0 Å². The normalized spacial score (nSPS) is 17.6. The van der Waals surface area contributed by atoms with Gasteiger partial charge in [-0.1, -0.05) is 31.5 Å². The first-order valence-corrected chi connectivity index (χ1v) is 11.9. The molecule has 3 rings (SSSR count). The van der Waals surface area contributed by atoms with Crippen molar-refractivity contribution in [3.63, 3.8) is 0 Å². The molecule has 0 aromatic carbocycles. The monoisotopic (exact) mass is 446 g/mol. The fourth-order valence-corrected chi connectivity index (χ4v) is 5.27. The van der Waals surface area contributed by atoms with Crippen molar-refractivity contribution in [2.45, 2.75) is 32.1 Å². The summed E-state index contributed by atoms with van der Waals surface area (Å²) in [7, 11) is 0. The Kier molecular flexibility index (Phi) is 8.52. The minimum absolute atomic E-state index is 0.313. The molecule has 1 saturated heterocycles. The molecule has 1 aliphatic heterocycles. The fraction of sp³-hybridized carbons (Fsp3) is 0.565. The molecule has 7 heteroatoms. The van der Waals surface area contributed by atoms with E-state index in [9.17, 15) is 5.26 Å². The molecule has 0 saturated carbocycles. The number of rotatable bonds is 10. The largest absolute Gasteiger partial charge is 0.491 e. The molecule has 162 valence electrons. The summed E-state index contributed by atoms with van der Waals surface area (Å²) in [4.78, 5) is 10.2. The molecule has 3 heterocycles. The van der Waals surface area contributed by atoms with E-state index in [-0.39, 0.29) is 5.41 Å². The SMILES string of the molecule is CC(C)C(C#N)(CCCN1CCN(CCOc2cncc(Cl)c2)CC1)c1cccs1. The first kappa shape index (κ1) is 23.0. The minimum Gasteiger partial charge on any atom is -0.491 e. The van der Waals surface area contributed by atoms with Gasteiger partial charge in [0.15, 0.2) is 0 Å². The molecular formula is C23H31ClN4OS. The lowest BCUT2D eigenvalue weighted by atomic mass is 9.73. The number of piperazine rings is 1. The Bertz CT molecular complexity index is 815. The van der Waals surface area contributed by atoms with Crippen LogP contribution in [-0.4, -0.2) is 60.7 Å². The van der Waals surface area contributed by atoms with Crippen molar-refractivity contribution in [2.24, 2.45) is 5.92 Å². The van der Waals surface area contributed by atoms with Crippen LogP contribution in [0.2, 0.25) is 5.02 Å². The summed E-state index contributed by atoms with van der Waals surface area (Å²) >= 11 is 7.65. The summed E-state index contributed by atoms with van der Waals surface area (Å²) in [6.45, 7) is 11.2. The zero-order valence-electron chi connectivity index (χ0n) is 17.9. The Morgan fingerprint density at radius 1 is 1.23 bits per heavy atom. The molecule has 5 nitrogen and oxygen atoms in total. The molecular weight excluding hydrogens is 416 g/mol. The van der Waals surface area contributed by atoms with E-state index in [4.69, 9.17) is 16.3 Å². The predicted octanol–water partition coefficient (Wildman–Crippen LogP) is 4.69. The van der Waals surface area contributed by atoms with Crippen molar-refractivity contribution < 1.29 is 4.74 Å². The predicted molar refractivity (Wildman–Crippen MR) is 123 cm³/mol. The summed E-state index contributed by atoms with van der Waals surface area (Å²) in [5.74, 6) is 1.03. The number of halogens is 1. The van der Waals surface area contributed by atoms with Gasteiger partial charge in [0.25, 0.3) is 0 Å². The van der Waals surface area contributed by atoms with Gasteiger partial charge >= 0.3 is 0 Å². The maximum atomic E-state index is 9.98. The Labute approximate surface area is 189 Å². The Morgan fingerprint density at radius 2 is 1.97 bits per heavy atom. The molecule has 0 N–H and O–H groups in total. The number of ether oxygens (including phenoxy) is 1. The summed E-state index contributed by atoms with van der Waals surface area (Å²) < 4.78 is 5.76. The van der Waals surface area contributed by atoms with Crippen LogP contribution in [0.5, 0.6) is 5.75 Å². The van der Waals surface area contributed by atoms with Crippen LogP contribution in [0, 0.1) is 17.2 Å². The third-order valence-electron chi connectivity index (χ3n) is 6.01. The first-order valence-electron chi connectivity index (χ1n) is 10.7. The van der Waals surface area contributed by atoms with Gasteiger partial charge in [-0.3, -0.25) is 9.88 Å². The summed E-state index contributed by atoms with van der Waals surface area (Å²) in [6, 6.07) is 8.63. The molecule has 2 aromatic rings. The highest BCUT2D eigenvalue weighted by atomic mass is 35.5. The number of aromatic nitrogens is 1. The molecule has 0 radical (unpaired) electrons.